The SMILES string of the molecule is C=CC1CCC(c2ccc(-c3ccc(CCCCC)cc3)cc2)CC1. The Morgan fingerprint density at radius 2 is 1.44 bits per heavy atom. The predicted molar refractivity (Wildman–Crippen MR) is 110 cm³/mol. The molecule has 132 valence electrons. The summed E-state index contributed by atoms with van der Waals surface area (Å²) in [5.74, 6) is 1.48. The second-order valence-corrected chi connectivity index (χ2v) is 7.62. The lowest BCUT2D eigenvalue weighted by atomic mass is 9.78. The van der Waals surface area contributed by atoms with E-state index in [-0.39, 0.29) is 0 Å². The van der Waals surface area contributed by atoms with Gasteiger partial charge in [-0.2, -0.15) is 0 Å². The van der Waals surface area contributed by atoms with E-state index in [2.05, 4.69) is 68.1 Å². The topological polar surface area (TPSA) is 0 Å². The van der Waals surface area contributed by atoms with Gasteiger partial charge in [0.2, 0.25) is 0 Å². The van der Waals surface area contributed by atoms with E-state index in [4.69, 9.17) is 0 Å². The highest BCUT2D eigenvalue weighted by atomic mass is 14.2. The van der Waals surface area contributed by atoms with Gasteiger partial charge in [0, 0.05) is 0 Å². The van der Waals surface area contributed by atoms with Gasteiger partial charge in [-0.15, -0.1) is 6.58 Å². The summed E-state index contributed by atoms with van der Waals surface area (Å²) in [5, 5.41) is 0. The van der Waals surface area contributed by atoms with Crippen molar-refractivity contribution in [1.82, 2.24) is 0 Å². The molecular formula is C25H32. The van der Waals surface area contributed by atoms with Crippen LogP contribution >= 0.6 is 0 Å². The van der Waals surface area contributed by atoms with Gasteiger partial charge in [-0.1, -0.05) is 74.4 Å². The molecule has 0 nitrogen and oxygen atoms in total. The van der Waals surface area contributed by atoms with Crippen LogP contribution in [0.25, 0.3) is 11.1 Å². The minimum absolute atomic E-state index is 0.742. The summed E-state index contributed by atoms with van der Waals surface area (Å²) in [4.78, 5) is 0. The number of hydrogen-bond acceptors (Lipinski definition) is 0. The van der Waals surface area contributed by atoms with Crippen molar-refractivity contribution in [3.8, 4) is 11.1 Å². The zero-order valence-corrected chi connectivity index (χ0v) is 15.7. The molecule has 1 saturated carbocycles. The van der Waals surface area contributed by atoms with Crippen molar-refractivity contribution in [2.24, 2.45) is 5.92 Å². The molecule has 0 heterocycles. The normalized spacial score (nSPS) is 20.4. The van der Waals surface area contributed by atoms with Crippen molar-refractivity contribution in [1.29, 1.82) is 0 Å². The fourth-order valence-electron chi connectivity index (χ4n) is 4.08. The predicted octanol–water partition coefficient (Wildman–Crippen LogP) is 7.55. The maximum absolute atomic E-state index is 3.95. The number of unbranched alkanes of at least 4 members (excludes halogenated alkanes) is 2. The van der Waals surface area contributed by atoms with Gasteiger partial charge in [0.05, 0.1) is 0 Å². The van der Waals surface area contributed by atoms with Gasteiger partial charge in [0.25, 0.3) is 0 Å². The second-order valence-electron chi connectivity index (χ2n) is 7.62. The van der Waals surface area contributed by atoms with Crippen LogP contribution in [0.15, 0.2) is 61.2 Å². The van der Waals surface area contributed by atoms with Gasteiger partial charge in [0.1, 0.15) is 0 Å². The van der Waals surface area contributed by atoms with Crippen LogP contribution in [0.4, 0.5) is 0 Å². The fourth-order valence-corrected chi connectivity index (χ4v) is 4.08. The number of benzene rings is 2. The average Bonchev–Trinajstić information content (AvgIpc) is 2.69. The minimum Gasteiger partial charge on any atom is -0.103 e. The van der Waals surface area contributed by atoms with Crippen LogP contribution in [0.3, 0.4) is 0 Å². The van der Waals surface area contributed by atoms with E-state index in [0.717, 1.165) is 11.8 Å². The average molecular weight is 333 g/mol. The molecule has 3 rings (SSSR count). The first kappa shape index (κ1) is 18.0. The van der Waals surface area contributed by atoms with Crippen LogP contribution in [0.2, 0.25) is 0 Å². The quantitative estimate of drug-likeness (QED) is 0.363. The molecule has 2 aromatic carbocycles. The van der Waals surface area contributed by atoms with E-state index in [0.29, 0.717) is 0 Å². The van der Waals surface area contributed by atoms with Gasteiger partial charge in [-0.05, 0) is 72.6 Å². The Balaban J connectivity index is 1.61. The molecule has 0 heteroatoms. The van der Waals surface area contributed by atoms with Gasteiger partial charge >= 0.3 is 0 Å². The first-order valence-corrected chi connectivity index (χ1v) is 10.1. The standard InChI is InChI=1S/C25H32/c1-3-5-6-7-21-10-14-23(15-11-21)25-18-16-24(17-19-25)22-12-8-20(4-2)9-13-22/h4,10-11,14-20,22H,2-3,5-9,12-13H2,1H3. The highest BCUT2D eigenvalue weighted by Crippen LogP contribution is 2.36. The summed E-state index contributed by atoms with van der Waals surface area (Å²) in [6, 6.07) is 18.5. The molecule has 0 unspecified atom stereocenters. The van der Waals surface area contributed by atoms with Crippen LogP contribution in [0.1, 0.15) is 68.9 Å². The molecule has 0 radical (unpaired) electrons. The van der Waals surface area contributed by atoms with Crippen LogP contribution < -0.4 is 0 Å². The van der Waals surface area contributed by atoms with Crippen LogP contribution in [0.5, 0.6) is 0 Å². The Bertz CT molecular complexity index is 639. The van der Waals surface area contributed by atoms with E-state index < -0.39 is 0 Å². The van der Waals surface area contributed by atoms with Crippen molar-refractivity contribution in [2.45, 2.75) is 64.2 Å². The Hall–Kier alpha value is -1.82. The zero-order valence-electron chi connectivity index (χ0n) is 15.7. The molecule has 0 aliphatic heterocycles. The molecule has 0 saturated heterocycles. The third kappa shape index (κ3) is 4.84. The first-order chi connectivity index (χ1) is 12.3. The maximum Gasteiger partial charge on any atom is -0.0162 e. The first-order valence-electron chi connectivity index (χ1n) is 10.1. The number of hydrogen-bond donors (Lipinski definition) is 0. The van der Waals surface area contributed by atoms with Crippen molar-refractivity contribution in [2.75, 3.05) is 0 Å². The molecule has 0 amide bonds. The van der Waals surface area contributed by atoms with E-state index in [1.54, 1.807) is 0 Å². The molecule has 0 aromatic heterocycles. The van der Waals surface area contributed by atoms with E-state index >= 15 is 0 Å². The van der Waals surface area contributed by atoms with Crippen molar-refractivity contribution in [3.63, 3.8) is 0 Å². The molecule has 0 N–H and O–H groups in total. The summed E-state index contributed by atoms with van der Waals surface area (Å²) >= 11 is 0. The summed E-state index contributed by atoms with van der Waals surface area (Å²) < 4.78 is 0. The van der Waals surface area contributed by atoms with E-state index in [9.17, 15) is 0 Å². The molecular weight excluding hydrogens is 300 g/mol. The summed E-state index contributed by atoms with van der Waals surface area (Å²) in [5.41, 5.74) is 5.65. The molecule has 1 aliphatic carbocycles. The Labute approximate surface area is 154 Å². The van der Waals surface area contributed by atoms with Crippen molar-refractivity contribution >= 4 is 0 Å². The smallest absolute Gasteiger partial charge is 0.0162 e. The van der Waals surface area contributed by atoms with Crippen LogP contribution in [-0.2, 0) is 6.42 Å². The molecule has 1 fully saturated rings. The van der Waals surface area contributed by atoms with Crippen LogP contribution in [-0.4, -0.2) is 0 Å². The molecule has 0 bridgehead atoms. The van der Waals surface area contributed by atoms with Crippen molar-refractivity contribution in [3.05, 3.63) is 72.3 Å². The Morgan fingerprint density at radius 1 is 0.840 bits per heavy atom. The number of rotatable bonds is 7. The fraction of sp³-hybridized carbons (Fsp3) is 0.440. The third-order valence-corrected chi connectivity index (χ3v) is 5.84. The second kappa shape index (κ2) is 9.04. The summed E-state index contributed by atoms with van der Waals surface area (Å²) in [6.45, 7) is 6.22. The van der Waals surface area contributed by atoms with Gasteiger partial charge in [-0.25, -0.2) is 0 Å². The monoisotopic (exact) mass is 332 g/mol. The largest absolute Gasteiger partial charge is 0.103 e. The molecule has 1 aliphatic rings. The third-order valence-electron chi connectivity index (χ3n) is 5.84. The Kier molecular flexibility index (Phi) is 6.50. The number of allylic oxidation sites excluding steroid dienone is 1. The highest BCUT2D eigenvalue weighted by Gasteiger charge is 2.20. The van der Waals surface area contributed by atoms with E-state index in [1.165, 1.54) is 73.6 Å². The zero-order chi connectivity index (χ0) is 17.5. The number of aryl methyl sites for hydroxylation is 1. The van der Waals surface area contributed by atoms with Gasteiger partial charge in [0.15, 0.2) is 0 Å². The van der Waals surface area contributed by atoms with Crippen LogP contribution in [0, 0.1) is 5.92 Å². The molecule has 0 atom stereocenters. The van der Waals surface area contributed by atoms with Gasteiger partial charge < -0.3 is 0 Å². The lowest BCUT2D eigenvalue weighted by Crippen LogP contribution is -2.11. The molecule has 25 heavy (non-hydrogen) atoms. The van der Waals surface area contributed by atoms with E-state index in [1.807, 2.05) is 0 Å². The van der Waals surface area contributed by atoms with Crippen molar-refractivity contribution < 1.29 is 0 Å². The molecule has 2 aromatic rings. The lowest BCUT2D eigenvalue weighted by molar-refractivity contribution is 0.376. The summed E-state index contributed by atoms with van der Waals surface area (Å²) in [7, 11) is 0. The Morgan fingerprint density at radius 3 is 2.00 bits per heavy atom. The minimum atomic E-state index is 0.742. The molecule has 0 spiro atoms. The maximum atomic E-state index is 3.95. The highest BCUT2D eigenvalue weighted by molar-refractivity contribution is 5.64. The van der Waals surface area contributed by atoms with Gasteiger partial charge in [-0.3, -0.25) is 0 Å². The summed E-state index contributed by atoms with van der Waals surface area (Å²) in [6.07, 6.45) is 12.5. The lowest BCUT2D eigenvalue weighted by Gasteiger charge is -2.27.